The van der Waals surface area contributed by atoms with E-state index in [-0.39, 0.29) is 0 Å². The zero-order valence-corrected chi connectivity index (χ0v) is 15.3. The Morgan fingerprint density at radius 3 is 2.58 bits per heavy atom. The van der Waals surface area contributed by atoms with Crippen LogP contribution in [0.1, 0.15) is 44.9 Å². The lowest BCUT2D eigenvalue weighted by Crippen LogP contribution is -2.43. The van der Waals surface area contributed by atoms with Crippen molar-refractivity contribution >= 4 is 5.96 Å². The van der Waals surface area contributed by atoms with E-state index in [1.807, 2.05) is 7.05 Å². The third kappa shape index (κ3) is 4.96. The third-order valence-corrected chi connectivity index (χ3v) is 5.58. The van der Waals surface area contributed by atoms with Crippen LogP contribution in [0.2, 0.25) is 0 Å². The number of hydrogen-bond acceptors (Lipinski definition) is 3. The number of rotatable bonds is 5. The standard InChI is InChI=1S/C19H34N4O/c1-20-19(21-11-15-24-18-8-4-2-3-5-9-18)23-14-10-17(16-23)22-12-6-7-13-22/h6-7,17-18H,2-5,8-16H2,1H3,(H,20,21). The van der Waals surface area contributed by atoms with Crippen molar-refractivity contribution in [3.8, 4) is 0 Å². The summed E-state index contributed by atoms with van der Waals surface area (Å²) in [6, 6.07) is 0.667. The van der Waals surface area contributed by atoms with Gasteiger partial charge >= 0.3 is 0 Å². The Morgan fingerprint density at radius 2 is 1.88 bits per heavy atom. The highest BCUT2D eigenvalue weighted by Gasteiger charge is 2.29. The van der Waals surface area contributed by atoms with Gasteiger partial charge < -0.3 is 15.0 Å². The molecule has 3 rings (SSSR count). The topological polar surface area (TPSA) is 40.1 Å². The maximum atomic E-state index is 6.07. The fourth-order valence-electron chi connectivity index (χ4n) is 4.15. The molecule has 1 atom stereocenters. The number of nitrogens with zero attached hydrogens (tertiary/aromatic N) is 3. The van der Waals surface area contributed by atoms with Crippen molar-refractivity contribution in [1.29, 1.82) is 0 Å². The zero-order chi connectivity index (χ0) is 16.6. The van der Waals surface area contributed by atoms with E-state index in [2.05, 4.69) is 32.3 Å². The van der Waals surface area contributed by atoms with Gasteiger partial charge in [0.15, 0.2) is 5.96 Å². The summed E-state index contributed by atoms with van der Waals surface area (Å²) in [5, 5.41) is 3.49. The minimum Gasteiger partial charge on any atom is -0.376 e. The van der Waals surface area contributed by atoms with Gasteiger partial charge in [0.1, 0.15) is 0 Å². The fourth-order valence-corrected chi connectivity index (χ4v) is 4.15. The van der Waals surface area contributed by atoms with Crippen LogP contribution in [-0.2, 0) is 4.74 Å². The van der Waals surface area contributed by atoms with Gasteiger partial charge in [-0.15, -0.1) is 0 Å². The van der Waals surface area contributed by atoms with Crippen LogP contribution in [0.4, 0.5) is 0 Å². The Bertz CT molecular complexity index is 421. The minimum absolute atomic E-state index is 0.482. The second-order valence-corrected chi connectivity index (χ2v) is 7.27. The molecule has 0 aromatic rings. The molecule has 0 radical (unpaired) electrons. The second-order valence-electron chi connectivity index (χ2n) is 7.27. The van der Waals surface area contributed by atoms with Crippen molar-refractivity contribution in [3.63, 3.8) is 0 Å². The normalized spacial score (nSPS) is 27.0. The molecule has 0 amide bonds. The van der Waals surface area contributed by atoms with Gasteiger partial charge in [0.2, 0.25) is 0 Å². The molecule has 136 valence electrons. The highest BCUT2D eigenvalue weighted by molar-refractivity contribution is 5.80. The average molecular weight is 335 g/mol. The van der Waals surface area contributed by atoms with Crippen molar-refractivity contribution in [3.05, 3.63) is 12.2 Å². The fraction of sp³-hybridized carbons (Fsp3) is 0.842. The lowest BCUT2D eigenvalue weighted by molar-refractivity contribution is 0.0466. The van der Waals surface area contributed by atoms with Gasteiger partial charge in [-0.25, -0.2) is 0 Å². The van der Waals surface area contributed by atoms with Crippen LogP contribution in [0.3, 0.4) is 0 Å². The lowest BCUT2D eigenvalue weighted by atomic mass is 10.1. The van der Waals surface area contributed by atoms with Crippen LogP contribution >= 0.6 is 0 Å². The van der Waals surface area contributed by atoms with Gasteiger partial charge in [-0.3, -0.25) is 9.89 Å². The Labute approximate surface area is 147 Å². The molecule has 24 heavy (non-hydrogen) atoms. The van der Waals surface area contributed by atoms with E-state index in [0.29, 0.717) is 12.1 Å². The molecule has 1 N–H and O–H groups in total. The summed E-state index contributed by atoms with van der Waals surface area (Å²) in [4.78, 5) is 9.43. The van der Waals surface area contributed by atoms with E-state index in [1.165, 1.54) is 44.9 Å². The molecule has 3 aliphatic rings. The van der Waals surface area contributed by atoms with Crippen LogP contribution in [0.5, 0.6) is 0 Å². The first-order valence-corrected chi connectivity index (χ1v) is 9.83. The van der Waals surface area contributed by atoms with Gasteiger partial charge in [-0.05, 0) is 19.3 Å². The first-order valence-electron chi connectivity index (χ1n) is 9.83. The zero-order valence-electron chi connectivity index (χ0n) is 15.3. The quantitative estimate of drug-likeness (QED) is 0.275. The van der Waals surface area contributed by atoms with Gasteiger partial charge in [-0.2, -0.15) is 0 Å². The summed E-state index contributed by atoms with van der Waals surface area (Å²) in [5.41, 5.74) is 0. The molecule has 1 saturated heterocycles. The number of aliphatic imine (C=N–C) groups is 1. The first-order chi connectivity index (χ1) is 11.9. The molecule has 0 aromatic heterocycles. The number of nitrogens with one attached hydrogen (secondary N) is 1. The summed E-state index contributed by atoms with van der Waals surface area (Å²) in [6.45, 7) is 6.06. The number of ether oxygens (including phenoxy) is 1. The first kappa shape index (κ1) is 17.7. The number of guanidine groups is 1. The lowest BCUT2D eigenvalue weighted by Gasteiger charge is -2.25. The number of likely N-dealkylation sites (tertiary alicyclic amines) is 1. The van der Waals surface area contributed by atoms with Crippen LogP contribution in [0.25, 0.3) is 0 Å². The summed E-state index contributed by atoms with van der Waals surface area (Å²) in [7, 11) is 1.89. The predicted octanol–water partition coefficient (Wildman–Crippen LogP) is 2.25. The molecule has 2 heterocycles. The summed E-state index contributed by atoms with van der Waals surface area (Å²) in [5.74, 6) is 1.04. The predicted molar refractivity (Wildman–Crippen MR) is 99.5 cm³/mol. The molecule has 0 bridgehead atoms. The Hall–Kier alpha value is -1.07. The Kier molecular flexibility index (Phi) is 6.97. The molecule has 1 aliphatic carbocycles. The maximum absolute atomic E-state index is 6.07. The second kappa shape index (κ2) is 9.42. The van der Waals surface area contributed by atoms with Crippen LogP contribution in [-0.4, -0.2) is 74.3 Å². The van der Waals surface area contributed by atoms with Crippen LogP contribution in [0, 0.1) is 0 Å². The average Bonchev–Trinajstić information content (AvgIpc) is 3.23. The molecule has 0 spiro atoms. The molecule has 2 aliphatic heterocycles. The van der Waals surface area contributed by atoms with E-state index >= 15 is 0 Å². The van der Waals surface area contributed by atoms with E-state index < -0.39 is 0 Å². The summed E-state index contributed by atoms with van der Waals surface area (Å²) < 4.78 is 6.07. The molecule has 1 saturated carbocycles. The largest absolute Gasteiger partial charge is 0.376 e. The molecular weight excluding hydrogens is 300 g/mol. The summed E-state index contributed by atoms with van der Waals surface area (Å²) >= 11 is 0. The highest BCUT2D eigenvalue weighted by atomic mass is 16.5. The monoisotopic (exact) mass is 334 g/mol. The van der Waals surface area contributed by atoms with Crippen molar-refractivity contribution in [1.82, 2.24) is 15.1 Å². The minimum atomic E-state index is 0.482. The molecule has 1 unspecified atom stereocenters. The molecule has 5 heteroatoms. The van der Waals surface area contributed by atoms with Crippen molar-refractivity contribution in [2.24, 2.45) is 4.99 Å². The van der Waals surface area contributed by atoms with E-state index in [9.17, 15) is 0 Å². The smallest absolute Gasteiger partial charge is 0.193 e. The molecule has 0 aromatic carbocycles. The van der Waals surface area contributed by atoms with Gasteiger partial charge in [0, 0.05) is 45.8 Å². The van der Waals surface area contributed by atoms with Crippen LogP contribution in [0.15, 0.2) is 17.1 Å². The third-order valence-electron chi connectivity index (χ3n) is 5.58. The van der Waals surface area contributed by atoms with Gasteiger partial charge in [0.25, 0.3) is 0 Å². The van der Waals surface area contributed by atoms with Gasteiger partial charge in [-0.1, -0.05) is 37.8 Å². The molecule has 2 fully saturated rings. The molecule has 5 nitrogen and oxygen atoms in total. The van der Waals surface area contributed by atoms with E-state index in [0.717, 1.165) is 45.3 Å². The Morgan fingerprint density at radius 1 is 1.12 bits per heavy atom. The highest BCUT2D eigenvalue weighted by Crippen LogP contribution is 2.20. The van der Waals surface area contributed by atoms with Crippen molar-refractivity contribution in [2.45, 2.75) is 57.1 Å². The maximum Gasteiger partial charge on any atom is 0.193 e. The van der Waals surface area contributed by atoms with Crippen LogP contribution < -0.4 is 5.32 Å². The van der Waals surface area contributed by atoms with E-state index in [1.54, 1.807) is 0 Å². The van der Waals surface area contributed by atoms with Crippen molar-refractivity contribution in [2.75, 3.05) is 46.4 Å². The Balaban J connectivity index is 1.34. The SMILES string of the molecule is CN=C(NCCOC1CCCCCC1)N1CCC(N2CC=CC2)C1. The van der Waals surface area contributed by atoms with Crippen molar-refractivity contribution < 1.29 is 4.74 Å². The molecular formula is C19H34N4O. The number of hydrogen-bond donors (Lipinski definition) is 1. The van der Waals surface area contributed by atoms with Gasteiger partial charge in [0.05, 0.1) is 12.7 Å². The van der Waals surface area contributed by atoms with E-state index in [4.69, 9.17) is 4.74 Å². The summed E-state index contributed by atoms with van der Waals surface area (Å²) in [6.07, 6.45) is 14.2.